The fraction of sp³-hybridized carbons (Fsp3) is 0.263. The molecule has 0 unspecified atom stereocenters. The van der Waals surface area contributed by atoms with Gasteiger partial charge in [0.2, 0.25) is 0 Å². The molecule has 0 saturated carbocycles. The molecule has 10 heteroatoms. The van der Waals surface area contributed by atoms with Crippen LogP contribution in [0.25, 0.3) is 32.9 Å². The number of benzene rings is 2. The average Bonchev–Trinajstić information content (AvgIpc) is 3.05. The fourth-order valence-electron chi connectivity index (χ4n) is 6.81. The molecule has 4 aromatic heterocycles. The van der Waals surface area contributed by atoms with Crippen LogP contribution in [0.2, 0.25) is 0 Å². The van der Waals surface area contributed by atoms with Crippen LogP contribution in [0.4, 0.5) is 23.0 Å². The molecule has 0 bridgehead atoms. The molecule has 6 aromatic rings. The highest BCUT2D eigenvalue weighted by Crippen LogP contribution is 2.36. The molecule has 6 heterocycles. The van der Waals surface area contributed by atoms with E-state index in [9.17, 15) is 10.2 Å². The third-order valence-electron chi connectivity index (χ3n) is 9.46. The zero-order valence-electron chi connectivity index (χ0n) is 27.1. The van der Waals surface area contributed by atoms with Gasteiger partial charge in [-0.3, -0.25) is 19.8 Å². The zero-order valence-corrected chi connectivity index (χ0v) is 27.1. The van der Waals surface area contributed by atoms with E-state index in [0.717, 1.165) is 79.7 Å². The number of hydrogen-bond acceptors (Lipinski definition) is 10. The Morgan fingerprint density at radius 3 is 1.48 bits per heavy atom. The minimum atomic E-state index is -0.217. The van der Waals surface area contributed by atoms with Crippen LogP contribution in [-0.2, 0) is 13.1 Å². The second-order valence-electron chi connectivity index (χ2n) is 13.1. The normalized spacial score (nSPS) is 15.8. The zero-order chi connectivity index (χ0) is 32.8. The van der Waals surface area contributed by atoms with E-state index in [4.69, 9.17) is 9.97 Å². The van der Waals surface area contributed by atoms with E-state index >= 15 is 0 Å². The first kappa shape index (κ1) is 30.3. The minimum Gasteiger partial charge on any atom is -0.390 e. The van der Waals surface area contributed by atoms with E-state index < -0.39 is 0 Å². The first-order valence-corrected chi connectivity index (χ1v) is 16.4. The van der Waals surface area contributed by atoms with Crippen LogP contribution in [0.5, 0.6) is 0 Å². The predicted octanol–water partition coefficient (Wildman–Crippen LogP) is 5.70. The van der Waals surface area contributed by atoms with Crippen molar-refractivity contribution in [3.63, 3.8) is 0 Å². The number of fused-ring (bicyclic) bond motifs is 2. The Morgan fingerprint density at radius 2 is 1.06 bits per heavy atom. The fourth-order valence-corrected chi connectivity index (χ4v) is 6.81. The van der Waals surface area contributed by atoms with Crippen molar-refractivity contribution in [2.45, 2.75) is 39.1 Å². The van der Waals surface area contributed by atoms with Crippen LogP contribution in [0.3, 0.4) is 0 Å². The number of nitrogens with one attached hydrogen (secondary N) is 2. The first-order chi connectivity index (χ1) is 23.4. The smallest absolute Gasteiger partial charge is 0.156 e. The quantitative estimate of drug-likeness (QED) is 0.157. The monoisotopic (exact) mass is 638 g/mol. The molecule has 0 atom stereocenters. The number of aromatic nitrogens is 4. The van der Waals surface area contributed by atoms with Crippen molar-refractivity contribution >= 4 is 44.8 Å². The second-order valence-corrected chi connectivity index (χ2v) is 13.1. The van der Waals surface area contributed by atoms with Crippen LogP contribution in [-0.4, -0.2) is 78.3 Å². The van der Waals surface area contributed by atoms with Gasteiger partial charge in [-0.15, -0.1) is 0 Å². The summed E-state index contributed by atoms with van der Waals surface area (Å²) in [6.07, 6.45) is 7.01. The maximum absolute atomic E-state index is 9.64. The van der Waals surface area contributed by atoms with Crippen molar-refractivity contribution in [3.05, 3.63) is 108 Å². The molecule has 48 heavy (non-hydrogen) atoms. The van der Waals surface area contributed by atoms with Gasteiger partial charge in [-0.1, -0.05) is 24.3 Å². The molecular formula is C38H38N8O2. The van der Waals surface area contributed by atoms with Crippen molar-refractivity contribution in [3.8, 4) is 11.1 Å². The summed E-state index contributed by atoms with van der Waals surface area (Å²) in [7, 11) is 0. The Balaban J connectivity index is 1.04. The van der Waals surface area contributed by atoms with Gasteiger partial charge in [0.1, 0.15) is 11.0 Å². The van der Waals surface area contributed by atoms with Crippen LogP contribution in [0.1, 0.15) is 22.3 Å². The van der Waals surface area contributed by atoms with Gasteiger partial charge in [0.25, 0.3) is 0 Å². The molecule has 2 fully saturated rings. The number of rotatable bonds is 9. The predicted molar refractivity (Wildman–Crippen MR) is 190 cm³/mol. The van der Waals surface area contributed by atoms with E-state index in [1.165, 1.54) is 0 Å². The molecular weight excluding hydrogens is 600 g/mol. The second kappa shape index (κ2) is 12.6. The molecule has 242 valence electrons. The summed E-state index contributed by atoms with van der Waals surface area (Å²) < 4.78 is 0. The molecule has 0 aliphatic carbocycles. The number of aliphatic hydroxyl groups is 2. The summed E-state index contributed by atoms with van der Waals surface area (Å²) in [5.41, 5.74) is 10.3. The summed E-state index contributed by atoms with van der Waals surface area (Å²) >= 11 is 0. The molecule has 4 N–H and O–H groups in total. The van der Waals surface area contributed by atoms with Gasteiger partial charge in [-0.2, -0.15) is 0 Å². The highest BCUT2D eigenvalue weighted by Gasteiger charge is 2.25. The Kier molecular flexibility index (Phi) is 7.93. The maximum Gasteiger partial charge on any atom is 0.156 e. The van der Waals surface area contributed by atoms with E-state index in [2.05, 4.69) is 92.8 Å². The van der Waals surface area contributed by atoms with Gasteiger partial charge < -0.3 is 20.8 Å². The maximum atomic E-state index is 9.64. The SMILES string of the molecule is Cc1c(Nc2nccc3cc(CN4CC(O)C4)cnc23)cccc1-c1cccc(Nc2nccc3cc(CN4CC(O)C4)cnc23)c1C. The molecule has 8 rings (SSSR count). The summed E-state index contributed by atoms with van der Waals surface area (Å²) in [5, 5.41) is 28.5. The molecule has 2 aliphatic heterocycles. The van der Waals surface area contributed by atoms with Crippen molar-refractivity contribution in [1.82, 2.24) is 29.7 Å². The number of nitrogens with zero attached hydrogens (tertiary/aromatic N) is 6. The van der Waals surface area contributed by atoms with Crippen molar-refractivity contribution in [2.75, 3.05) is 36.8 Å². The molecule has 0 radical (unpaired) electrons. The lowest BCUT2D eigenvalue weighted by Gasteiger charge is -2.35. The number of likely N-dealkylation sites (tertiary alicyclic amines) is 2. The minimum absolute atomic E-state index is 0.217. The number of pyridine rings is 4. The number of anilines is 4. The average molecular weight is 639 g/mol. The van der Waals surface area contributed by atoms with Gasteiger partial charge in [-0.25, -0.2) is 9.97 Å². The van der Waals surface area contributed by atoms with E-state index in [-0.39, 0.29) is 12.2 Å². The number of hydrogen-bond donors (Lipinski definition) is 4. The summed E-state index contributed by atoms with van der Waals surface area (Å²) in [5.74, 6) is 1.43. The molecule has 10 nitrogen and oxygen atoms in total. The largest absolute Gasteiger partial charge is 0.390 e. The van der Waals surface area contributed by atoms with Crippen molar-refractivity contribution in [2.24, 2.45) is 0 Å². The van der Waals surface area contributed by atoms with Crippen LogP contribution in [0, 0.1) is 13.8 Å². The highest BCUT2D eigenvalue weighted by molar-refractivity contribution is 5.92. The van der Waals surface area contributed by atoms with E-state index in [0.29, 0.717) is 37.8 Å². The summed E-state index contributed by atoms with van der Waals surface area (Å²) in [4.78, 5) is 23.3. The molecule has 2 aliphatic rings. The van der Waals surface area contributed by atoms with Crippen LogP contribution in [0.15, 0.2) is 85.5 Å². The van der Waals surface area contributed by atoms with Crippen LogP contribution >= 0.6 is 0 Å². The summed E-state index contributed by atoms with van der Waals surface area (Å²) in [6, 6.07) is 20.9. The van der Waals surface area contributed by atoms with Gasteiger partial charge in [0.05, 0.1) is 12.2 Å². The highest BCUT2D eigenvalue weighted by atomic mass is 16.3. The Bertz CT molecular complexity index is 1990. The third kappa shape index (κ3) is 5.95. The third-order valence-corrected chi connectivity index (χ3v) is 9.46. The molecule has 0 amide bonds. The Hall–Kier alpha value is -5.00. The lowest BCUT2D eigenvalue weighted by molar-refractivity contribution is -0.00310. The first-order valence-electron chi connectivity index (χ1n) is 16.4. The van der Waals surface area contributed by atoms with Gasteiger partial charge >= 0.3 is 0 Å². The van der Waals surface area contributed by atoms with E-state index in [1.807, 2.05) is 36.9 Å². The Labute approximate surface area is 279 Å². The number of aliphatic hydroxyl groups excluding tert-OH is 2. The molecule has 2 saturated heterocycles. The standard InChI is InChI=1S/C38H38N8O2/c1-23-31(5-3-7-33(23)43-37-35-27(9-11-39-37)13-25(15-41-35)17-45-19-29(47)20-45)32-6-4-8-34(24(32)2)44-38-36-28(10-12-40-38)14-26(16-42-36)18-46-21-30(48)22-46/h3-16,29-30,47-48H,17-22H2,1-2H3,(H,39,43)(H,40,44). The van der Waals surface area contributed by atoms with Gasteiger partial charge in [-0.05, 0) is 83.6 Å². The topological polar surface area (TPSA) is 123 Å². The van der Waals surface area contributed by atoms with E-state index in [1.54, 1.807) is 0 Å². The lowest BCUT2D eigenvalue weighted by Crippen LogP contribution is -2.49. The lowest BCUT2D eigenvalue weighted by atomic mass is 9.94. The van der Waals surface area contributed by atoms with Crippen molar-refractivity contribution < 1.29 is 10.2 Å². The molecule has 2 aromatic carbocycles. The Morgan fingerprint density at radius 1 is 0.625 bits per heavy atom. The number of β-amino-alcohol motifs (C(OH)–C–C–N with tert-alkyl or cyclic N) is 2. The summed E-state index contributed by atoms with van der Waals surface area (Å²) in [6.45, 7) is 8.64. The van der Waals surface area contributed by atoms with Crippen molar-refractivity contribution in [1.29, 1.82) is 0 Å². The van der Waals surface area contributed by atoms with Crippen LogP contribution < -0.4 is 10.6 Å². The van der Waals surface area contributed by atoms with Gasteiger partial charge in [0.15, 0.2) is 11.6 Å². The molecule has 0 spiro atoms. The van der Waals surface area contributed by atoms with Gasteiger partial charge in [0, 0.05) is 86.2 Å².